The highest BCUT2D eigenvalue weighted by molar-refractivity contribution is 5.74. The molecule has 82 valence electrons. The van der Waals surface area contributed by atoms with Gasteiger partial charge in [0.1, 0.15) is 11.5 Å². The van der Waals surface area contributed by atoms with E-state index in [1.807, 2.05) is 0 Å². The third-order valence-electron chi connectivity index (χ3n) is 2.16. The summed E-state index contributed by atoms with van der Waals surface area (Å²) in [5, 5.41) is 21.6. The van der Waals surface area contributed by atoms with E-state index in [0.29, 0.717) is 17.1 Å². The molecule has 0 aliphatic heterocycles. The number of hydrogen-bond donors (Lipinski definition) is 4. The van der Waals surface area contributed by atoms with E-state index in [9.17, 15) is 10.2 Å². The Labute approximate surface area is 93.0 Å². The van der Waals surface area contributed by atoms with E-state index >= 15 is 0 Å². The zero-order valence-corrected chi connectivity index (χ0v) is 8.51. The number of phenolic OH excluding ortho intramolecular Hbond substituents is 2. The summed E-state index contributed by atoms with van der Waals surface area (Å²) in [5.41, 5.74) is 7.58. The first-order chi connectivity index (χ1) is 7.65. The lowest BCUT2D eigenvalue weighted by molar-refractivity contribution is 0.475. The van der Waals surface area contributed by atoms with Crippen LogP contribution < -0.4 is 11.1 Å². The van der Waals surface area contributed by atoms with Crippen LogP contribution in [0, 0.1) is 0 Å². The Morgan fingerprint density at radius 1 is 0.938 bits per heavy atom. The highest BCUT2D eigenvalue weighted by atomic mass is 16.3. The molecular weight excluding hydrogens is 204 g/mol. The predicted octanol–water partition coefficient (Wildman–Crippen LogP) is 2.42. The Bertz CT molecular complexity index is 512. The molecule has 16 heavy (non-hydrogen) atoms. The molecule has 0 aromatic heterocycles. The van der Waals surface area contributed by atoms with Crippen LogP contribution in [0.1, 0.15) is 0 Å². The van der Waals surface area contributed by atoms with E-state index in [0.717, 1.165) is 0 Å². The normalized spacial score (nSPS) is 10.0. The van der Waals surface area contributed by atoms with Crippen molar-refractivity contribution in [2.45, 2.75) is 0 Å². The molecule has 0 spiro atoms. The molecule has 0 atom stereocenters. The number of anilines is 3. The summed E-state index contributed by atoms with van der Waals surface area (Å²) in [6, 6.07) is 11.3. The van der Waals surface area contributed by atoms with Gasteiger partial charge in [-0.2, -0.15) is 0 Å². The van der Waals surface area contributed by atoms with Crippen LogP contribution in [0.25, 0.3) is 0 Å². The fraction of sp³-hybridized carbons (Fsp3) is 0. The molecule has 0 aliphatic carbocycles. The Balaban J connectivity index is 2.30. The number of aromatic hydroxyl groups is 2. The summed E-state index contributed by atoms with van der Waals surface area (Å²) in [5.74, 6) is 0.306. The SMILES string of the molecule is Nc1ccc(O)cc1Nc1cccc(O)c1. The van der Waals surface area contributed by atoms with Crippen LogP contribution in [0.2, 0.25) is 0 Å². The summed E-state index contributed by atoms with van der Waals surface area (Å²) in [7, 11) is 0. The van der Waals surface area contributed by atoms with Gasteiger partial charge in [0.25, 0.3) is 0 Å². The third-order valence-corrected chi connectivity index (χ3v) is 2.16. The Kier molecular flexibility index (Phi) is 2.55. The topological polar surface area (TPSA) is 78.5 Å². The van der Waals surface area contributed by atoms with Crippen molar-refractivity contribution in [3.63, 3.8) is 0 Å². The van der Waals surface area contributed by atoms with Crippen molar-refractivity contribution < 1.29 is 10.2 Å². The molecule has 2 aromatic rings. The lowest BCUT2D eigenvalue weighted by Crippen LogP contribution is -1.95. The maximum Gasteiger partial charge on any atom is 0.117 e. The minimum absolute atomic E-state index is 0.136. The fourth-order valence-electron chi connectivity index (χ4n) is 1.39. The van der Waals surface area contributed by atoms with Gasteiger partial charge in [0.15, 0.2) is 0 Å². The molecule has 2 rings (SSSR count). The van der Waals surface area contributed by atoms with Crippen LogP contribution in [0.15, 0.2) is 42.5 Å². The Morgan fingerprint density at radius 2 is 1.69 bits per heavy atom. The highest BCUT2D eigenvalue weighted by Gasteiger charge is 2.01. The first-order valence-corrected chi connectivity index (χ1v) is 4.80. The zero-order chi connectivity index (χ0) is 11.5. The number of nitrogen functional groups attached to an aromatic ring is 1. The molecule has 4 nitrogen and oxygen atoms in total. The van der Waals surface area contributed by atoms with Crippen molar-refractivity contribution in [2.24, 2.45) is 0 Å². The van der Waals surface area contributed by atoms with Gasteiger partial charge in [0.2, 0.25) is 0 Å². The number of benzene rings is 2. The predicted molar refractivity (Wildman–Crippen MR) is 63.9 cm³/mol. The summed E-state index contributed by atoms with van der Waals surface area (Å²) in [6.07, 6.45) is 0. The molecule has 0 saturated carbocycles. The minimum Gasteiger partial charge on any atom is -0.508 e. The average molecular weight is 216 g/mol. The molecule has 0 heterocycles. The van der Waals surface area contributed by atoms with Gasteiger partial charge in [0, 0.05) is 17.8 Å². The number of phenols is 2. The average Bonchev–Trinajstić information content (AvgIpc) is 2.24. The first-order valence-electron chi connectivity index (χ1n) is 4.80. The number of hydrogen-bond acceptors (Lipinski definition) is 4. The van der Waals surface area contributed by atoms with Crippen LogP contribution in [-0.4, -0.2) is 10.2 Å². The van der Waals surface area contributed by atoms with Crippen LogP contribution >= 0.6 is 0 Å². The van der Waals surface area contributed by atoms with E-state index in [4.69, 9.17) is 5.73 Å². The third kappa shape index (κ3) is 2.17. The number of nitrogens with two attached hydrogens (primary N) is 1. The van der Waals surface area contributed by atoms with Gasteiger partial charge in [-0.25, -0.2) is 0 Å². The molecule has 2 aromatic carbocycles. The van der Waals surface area contributed by atoms with E-state index in [2.05, 4.69) is 5.32 Å². The molecular formula is C12H12N2O2. The van der Waals surface area contributed by atoms with E-state index in [-0.39, 0.29) is 11.5 Å². The largest absolute Gasteiger partial charge is 0.508 e. The quantitative estimate of drug-likeness (QED) is 0.459. The molecule has 0 bridgehead atoms. The van der Waals surface area contributed by atoms with Gasteiger partial charge in [-0.1, -0.05) is 6.07 Å². The fourth-order valence-corrected chi connectivity index (χ4v) is 1.39. The van der Waals surface area contributed by atoms with Crippen molar-refractivity contribution in [1.82, 2.24) is 0 Å². The maximum absolute atomic E-state index is 9.33. The Hall–Kier alpha value is -2.36. The Morgan fingerprint density at radius 3 is 2.44 bits per heavy atom. The van der Waals surface area contributed by atoms with Crippen molar-refractivity contribution in [3.05, 3.63) is 42.5 Å². The van der Waals surface area contributed by atoms with Gasteiger partial charge >= 0.3 is 0 Å². The molecule has 0 unspecified atom stereocenters. The van der Waals surface area contributed by atoms with Crippen LogP contribution in [0.5, 0.6) is 11.5 Å². The van der Waals surface area contributed by atoms with Gasteiger partial charge in [-0.05, 0) is 24.3 Å². The second-order valence-corrected chi connectivity index (χ2v) is 3.45. The monoisotopic (exact) mass is 216 g/mol. The van der Waals surface area contributed by atoms with Gasteiger partial charge in [0.05, 0.1) is 11.4 Å². The summed E-state index contributed by atoms with van der Waals surface area (Å²) in [6.45, 7) is 0. The van der Waals surface area contributed by atoms with Crippen LogP contribution in [-0.2, 0) is 0 Å². The smallest absolute Gasteiger partial charge is 0.117 e. The van der Waals surface area contributed by atoms with Gasteiger partial charge < -0.3 is 21.3 Å². The molecule has 0 amide bonds. The number of rotatable bonds is 2. The summed E-state index contributed by atoms with van der Waals surface area (Å²) >= 11 is 0. The number of nitrogens with one attached hydrogen (secondary N) is 1. The lowest BCUT2D eigenvalue weighted by Gasteiger charge is -2.09. The van der Waals surface area contributed by atoms with E-state index in [1.54, 1.807) is 30.3 Å². The van der Waals surface area contributed by atoms with Gasteiger partial charge in [-0.15, -0.1) is 0 Å². The van der Waals surface area contributed by atoms with E-state index in [1.165, 1.54) is 12.1 Å². The summed E-state index contributed by atoms with van der Waals surface area (Å²) < 4.78 is 0. The lowest BCUT2D eigenvalue weighted by atomic mass is 10.2. The second kappa shape index (κ2) is 4.02. The maximum atomic E-state index is 9.33. The van der Waals surface area contributed by atoms with Gasteiger partial charge in [-0.3, -0.25) is 0 Å². The molecule has 0 fully saturated rings. The van der Waals surface area contributed by atoms with E-state index < -0.39 is 0 Å². The zero-order valence-electron chi connectivity index (χ0n) is 8.51. The summed E-state index contributed by atoms with van der Waals surface area (Å²) in [4.78, 5) is 0. The van der Waals surface area contributed by atoms with Crippen molar-refractivity contribution in [1.29, 1.82) is 0 Å². The molecule has 5 N–H and O–H groups in total. The van der Waals surface area contributed by atoms with Crippen LogP contribution in [0.3, 0.4) is 0 Å². The minimum atomic E-state index is 0.136. The molecule has 4 heteroatoms. The van der Waals surface area contributed by atoms with Crippen molar-refractivity contribution >= 4 is 17.1 Å². The molecule has 0 saturated heterocycles. The molecule has 0 aliphatic rings. The first kappa shape index (κ1) is 10.2. The van der Waals surface area contributed by atoms with Crippen molar-refractivity contribution in [2.75, 3.05) is 11.1 Å². The highest BCUT2D eigenvalue weighted by Crippen LogP contribution is 2.28. The standard InChI is InChI=1S/C12H12N2O2/c13-11-5-4-10(16)7-12(11)14-8-2-1-3-9(15)6-8/h1-7,14-16H,13H2. The van der Waals surface area contributed by atoms with Crippen LogP contribution in [0.4, 0.5) is 17.1 Å². The second-order valence-electron chi connectivity index (χ2n) is 3.45. The van der Waals surface area contributed by atoms with Crippen molar-refractivity contribution in [3.8, 4) is 11.5 Å². The molecule has 0 radical (unpaired) electrons.